The lowest BCUT2D eigenvalue weighted by Gasteiger charge is -2.36. The maximum Gasteiger partial charge on any atom is 0.341 e. The topological polar surface area (TPSA) is 50.7 Å². The number of rotatable bonds is 1. The molecule has 0 spiro atoms. The molecule has 2 aliphatic heterocycles. The Morgan fingerprint density at radius 1 is 1.14 bits per heavy atom. The van der Waals surface area contributed by atoms with Crippen molar-refractivity contribution in [1.29, 1.82) is 0 Å². The highest BCUT2D eigenvalue weighted by molar-refractivity contribution is 6.30. The molecule has 110 valence electrons. The molecule has 0 fully saturated rings. The Bertz CT molecular complexity index is 770. The molecule has 2 unspecified atom stereocenters. The lowest BCUT2D eigenvalue weighted by atomic mass is 9.83. The molecule has 2 aromatic rings. The quantitative estimate of drug-likeness (QED) is 0.874. The molecule has 0 bridgehead atoms. The Kier molecular flexibility index (Phi) is 3.12. The van der Waals surface area contributed by atoms with Crippen molar-refractivity contribution in [2.75, 3.05) is 6.61 Å². The molecular formula is C17H13ClN2O2. The van der Waals surface area contributed by atoms with Gasteiger partial charge in [-0.2, -0.15) is 4.99 Å². The molecule has 0 aromatic heterocycles. The van der Waals surface area contributed by atoms with Gasteiger partial charge in [0.2, 0.25) is 0 Å². The van der Waals surface area contributed by atoms with Gasteiger partial charge in [0.25, 0.3) is 0 Å². The number of para-hydroxylation sites is 1. The average Bonchev–Trinajstić information content (AvgIpc) is 2.55. The van der Waals surface area contributed by atoms with Crippen LogP contribution >= 0.6 is 11.6 Å². The zero-order chi connectivity index (χ0) is 15.1. The van der Waals surface area contributed by atoms with Crippen LogP contribution in [0, 0.1) is 5.92 Å². The van der Waals surface area contributed by atoms with Gasteiger partial charge in [-0.1, -0.05) is 35.9 Å². The lowest BCUT2D eigenvalue weighted by Crippen LogP contribution is -2.45. The van der Waals surface area contributed by atoms with Gasteiger partial charge in [0.05, 0.1) is 24.3 Å². The number of ether oxygens (including phenoxy) is 1. The van der Waals surface area contributed by atoms with E-state index in [1.54, 1.807) is 0 Å². The van der Waals surface area contributed by atoms with Crippen LogP contribution in [-0.4, -0.2) is 18.3 Å². The molecule has 2 amide bonds. The first-order chi connectivity index (χ1) is 10.7. The van der Waals surface area contributed by atoms with Crippen molar-refractivity contribution >= 4 is 23.3 Å². The van der Waals surface area contributed by atoms with E-state index < -0.39 is 0 Å². The molecule has 1 N–H and O–H groups in total. The minimum Gasteiger partial charge on any atom is -0.492 e. The standard InChI is InChI=1S/C17H13ClN2O2/c18-11-7-5-10(6-8-11)15-13-9-22-14-4-2-1-3-12(14)16(13)20-17(21)19-15/h1-8,13,15H,9H2,(H,19,21). The Hall–Kier alpha value is -2.33. The van der Waals surface area contributed by atoms with Crippen molar-refractivity contribution in [3.8, 4) is 5.75 Å². The van der Waals surface area contributed by atoms with Crippen LogP contribution < -0.4 is 10.1 Å². The van der Waals surface area contributed by atoms with Gasteiger partial charge in [0.1, 0.15) is 5.75 Å². The van der Waals surface area contributed by atoms with Crippen molar-refractivity contribution in [3.05, 3.63) is 64.7 Å². The summed E-state index contributed by atoms with van der Waals surface area (Å²) in [6.07, 6.45) is 0. The molecule has 2 aliphatic rings. The van der Waals surface area contributed by atoms with Crippen molar-refractivity contribution in [3.63, 3.8) is 0 Å². The molecule has 2 heterocycles. The maximum absolute atomic E-state index is 12.0. The van der Waals surface area contributed by atoms with E-state index in [1.165, 1.54) is 0 Å². The minimum atomic E-state index is -0.317. The highest BCUT2D eigenvalue weighted by Crippen LogP contribution is 2.36. The van der Waals surface area contributed by atoms with E-state index in [0.29, 0.717) is 11.6 Å². The van der Waals surface area contributed by atoms with E-state index in [2.05, 4.69) is 10.3 Å². The number of benzene rings is 2. The third kappa shape index (κ3) is 2.16. The fourth-order valence-electron chi connectivity index (χ4n) is 3.02. The number of aliphatic imine (C=N–C) groups is 1. The van der Waals surface area contributed by atoms with E-state index in [1.807, 2.05) is 48.5 Å². The van der Waals surface area contributed by atoms with Gasteiger partial charge in [-0.05, 0) is 29.8 Å². The van der Waals surface area contributed by atoms with Crippen LogP contribution in [0.1, 0.15) is 17.2 Å². The smallest absolute Gasteiger partial charge is 0.341 e. The summed E-state index contributed by atoms with van der Waals surface area (Å²) < 4.78 is 5.85. The van der Waals surface area contributed by atoms with E-state index in [9.17, 15) is 4.79 Å². The summed E-state index contributed by atoms with van der Waals surface area (Å²) in [5, 5.41) is 3.60. The van der Waals surface area contributed by atoms with Gasteiger partial charge >= 0.3 is 6.03 Å². The van der Waals surface area contributed by atoms with Crippen LogP contribution in [-0.2, 0) is 0 Å². The molecule has 0 saturated carbocycles. The van der Waals surface area contributed by atoms with Crippen LogP contribution in [0.25, 0.3) is 0 Å². The number of amides is 2. The van der Waals surface area contributed by atoms with Gasteiger partial charge < -0.3 is 10.1 Å². The van der Waals surface area contributed by atoms with Gasteiger partial charge in [0, 0.05) is 10.6 Å². The average molecular weight is 313 g/mol. The molecule has 0 saturated heterocycles. The lowest BCUT2D eigenvalue weighted by molar-refractivity contribution is 0.218. The van der Waals surface area contributed by atoms with Crippen molar-refractivity contribution < 1.29 is 9.53 Å². The first-order valence-corrected chi connectivity index (χ1v) is 7.47. The van der Waals surface area contributed by atoms with Crippen molar-refractivity contribution in [2.45, 2.75) is 6.04 Å². The first kappa shape index (κ1) is 13.3. The summed E-state index contributed by atoms with van der Waals surface area (Å²) in [4.78, 5) is 16.2. The van der Waals surface area contributed by atoms with Crippen LogP contribution in [0.2, 0.25) is 5.02 Å². The van der Waals surface area contributed by atoms with Gasteiger partial charge in [-0.25, -0.2) is 4.79 Å². The first-order valence-electron chi connectivity index (χ1n) is 7.09. The van der Waals surface area contributed by atoms with Gasteiger partial charge in [0.15, 0.2) is 0 Å². The zero-order valence-electron chi connectivity index (χ0n) is 11.6. The normalized spacial score (nSPS) is 22.8. The number of nitrogens with zero attached hydrogens (tertiary/aromatic N) is 1. The number of fused-ring (bicyclic) bond motifs is 3. The van der Waals surface area contributed by atoms with Crippen molar-refractivity contribution in [2.24, 2.45) is 10.9 Å². The second-order valence-corrected chi connectivity index (χ2v) is 5.83. The highest BCUT2D eigenvalue weighted by Gasteiger charge is 2.38. The zero-order valence-corrected chi connectivity index (χ0v) is 12.4. The minimum absolute atomic E-state index is 0.00576. The summed E-state index contributed by atoms with van der Waals surface area (Å²) in [6, 6.07) is 14.7. The Balaban J connectivity index is 1.78. The summed E-state index contributed by atoms with van der Waals surface area (Å²) in [5.74, 6) is 0.774. The van der Waals surface area contributed by atoms with Crippen LogP contribution in [0.4, 0.5) is 4.79 Å². The molecule has 22 heavy (non-hydrogen) atoms. The summed E-state index contributed by atoms with van der Waals surface area (Å²) in [7, 11) is 0. The summed E-state index contributed by atoms with van der Waals surface area (Å²) in [6.45, 7) is 0.490. The van der Waals surface area contributed by atoms with Crippen LogP contribution in [0.15, 0.2) is 53.5 Å². The van der Waals surface area contributed by atoms with Crippen molar-refractivity contribution in [1.82, 2.24) is 5.32 Å². The fourth-order valence-corrected chi connectivity index (χ4v) is 3.15. The molecule has 2 aromatic carbocycles. The largest absolute Gasteiger partial charge is 0.492 e. The number of hydrogen-bond donors (Lipinski definition) is 1. The predicted octanol–water partition coefficient (Wildman–Crippen LogP) is 3.60. The molecular weight excluding hydrogens is 300 g/mol. The number of carbonyl (C=O) groups excluding carboxylic acids is 1. The molecule has 0 aliphatic carbocycles. The monoisotopic (exact) mass is 312 g/mol. The second-order valence-electron chi connectivity index (χ2n) is 5.39. The van der Waals surface area contributed by atoms with E-state index in [0.717, 1.165) is 22.6 Å². The number of nitrogens with one attached hydrogen (secondary N) is 1. The maximum atomic E-state index is 12.0. The Morgan fingerprint density at radius 2 is 1.91 bits per heavy atom. The van der Waals surface area contributed by atoms with E-state index >= 15 is 0 Å². The third-order valence-corrected chi connectivity index (χ3v) is 4.32. The Morgan fingerprint density at radius 3 is 2.73 bits per heavy atom. The highest BCUT2D eigenvalue weighted by atomic mass is 35.5. The summed E-state index contributed by atoms with van der Waals surface area (Å²) in [5.41, 5.74) is 2.69. The SMILES string of the molecule is O=C1N=C2c3ccccc3OCC2C(c2ccc(Cl)cc2)N1. The summed E-state index contributed by atoms with van der Waals surface area (Å²) >= 11 is 5.95. The predicted molar refractivity (Wildman–Crippen MR) is 84.7 cm³/mol. The second kappa shape index (κ2) is 5.14. The van der Waals surface area contributed by atoms with Crippen LogP contribution in [0.5, 0.6) is 5.75 Å². The molecule has 4 nitrogen and oxygen atoms in total. The van der Waals surface area contributed by atoms with Crippen LogP contribution in [0.3, 0.4) is 0 Å². The number of carbonyl (C=O) groups is 1. The number of urea groups is 1. The van der Waals surface area contributed by atoms with Gasteiger partial charge in [-0.3, -0.25) is 0 Å². The van der Waals surface area contributed by atoms with Gasteiger partial charge in [-0.15, -0.1) is 0 Å². The van der Waals surface area contributed by atoms with E-state index in [-0.39, 0.29) is 18.0 Å². The fraction of sp³-hybridized carbons (Fsp3) is 0.176. The number of halogens is 1. The molecule has 4 rings (SSSR count). The molecule has 5 heteroatoms. The number of hydrogen-bond acceptors (Lipinski definition) is 2. The Labute approximate surface area is 132 Å². The molecule has 2 atom stereocenters. The third-order valence-electron chi connectivity index (χ3n) is 4.07. The van der Waals surface area contributed by atoms with E-state index in [4.69, 9.17) is 16.3 Å². The molecule has 0 radical (unpaired) electrons.